The fourth-order valence-corrected chi connectivity index (χ4v) is 3.24. The second kappa shape index (κ2) is 3.55. The van der Waals surface area contributed by atoms with Gasteiger partial charge < -0.3 is 4.74 Å². The molecule has 1 aliphatic carbocycles. The van der Waals surface area contributed by atoms with Gasteiger partial charge in [-0.15, -0.1) is 0 Å². The van der Waals surface area contributed by atoms with Crippen molar-refractivity contribution in [3.63, 3.8) is 0 Å². The normalized spacial score (nSPS) is 45.2. The van der Waals surface area contributed by atoms with E-state index in [1.165, 1.54) is 0 Å². The van der Waals surface area contributed by atoms with Crippen LogP contribution < -0.4 is 0 Å². The van der Waals surface area contributed by atoms with Gasteiger partial charge in [0, 0.05) is 5.92 Å². The Kier molecular flexibility index (Phi) is 2.31. The average molecular weight is 214 g/mol. The quantitative estimate of drug-likeness (QED) is 0.599. The highest BCUT2D eigenvalue weighted by molar-refractivity contribution is 5.15. The molecule has 0 spiro atoms. The predicted octanol–water partition coefficient (Wildman–Crippen LogP) is 3.50. The first kappa shape index (κ1) is 9.76. The molecule has 1 nitrogen and oxygen atoms in total. The molecule has 2 aliphatic heterocycles. The molecule has 0 N–H and O–H groups in total. The fraction of sp³-hybridized carbons (Fsp3) is 0.833. The van der Waals surface area contributed by atoms with E-state index >= 15 is 0 Å². The molecule has 1 saturated heterocycles. The van der Waals surface area contributed by atoms with Crippen LogP contribution in [0.1, 0.15) is 38.5 Å². The van der Waals surface area contributed by atoms with Crippen LogP contribution in [-0.4, -0.2) is 12.2 Å². The minimum atomic E-state index is -0.591. The molecule has 15 heavy (non-hydrogen) atoms. The summed E-state index contributed by atoms with van der Waals surface area (Å²) in [5.41, 5.74) is 0. The zero-order valence-electron chi connectivity index (χ0n) is 8.72. The van der Waals surface area contributed by atoms with Crippen molar-refractivity contribution in [2.24, 2.45) is 11.8 Å². The van der Waals surface area contributed by atoms with Crippen LogP contribution in [0.4, 0.5) is 8.78 Å². The van der Waals surface area contributed by atoms with Crippen LogP contribution in [0.15, 0.2) is 11.7 Å². The van der Waals surface area contributed by atoms with E-state index in [0.29, 0.717) is 0 Å². The molecule has 0 aromatic rings. The Hall–Kier alpha value is -0.440. The summed E-state index contributed by atoms with van der Waals surface area (Å²) in [6.45, 7) is 0. The lowest BCUT2D eigenvalue weighted by Crippen LogP contribution is -2.35. The van der Waals surface area contributed by atoms with Crippen LogP contribution in [0.2, 0.25) is 0 Å². The van der Waals surface area contributed by atoms with Crippen molar-refractivity contribution in [2.75, 3.05) is 0 Å². The fourth-order valence-electron chi connectivity index (χ4n) is 3.24. The van der Waals surface area contributed by atoms with Crippen LogP contribution >= 0.6 is 0 Å². The van der Waals surface area contributed by atoms with Crippen LogP contribution in [0.5, 0.6) is 0 Å². The summed E-state index contributed by atoms with van der Waals surface area (Å²) in [7, 11) is 0. The Bertz CT molecular complexity index is 300. The molecular formula is C12H16F2O. The number of ether oxygens (including phenoxy) is 1. The monoisotopic (exact) mass is 214 g/mol. The van der Waals surface area contributed by atoms with Crippen molar-refractivity contribution in [3.05, 3.63) is 11.7 Å². The van der Waals surface area contributed by atoms with Gasteiger partial charge in [-0.05, 0) is 44.4 Å². The number of allylic oxidation sites excluding steroid dienone is 1. The summed E-state index contributed by atoms with van der Waals surface area (Å²) in [5.74, 6) is -1.05. The lowest BCUT2D eigenvalue weighted by Gasteiger charge is -2.35. The minimum absolute atomic E-state index is 0.165. The van der Waals surface area contributed by atoms with Crippen LogP contribution in [0.25, 0.3) is 0 Å². The third kappa shape index (κ3) is 1.52. The highest BCUT2D eigenvalue weighted by Crippen LogP contribution is 2.45. The molecule has 3 bridgehead atoms. The topological polar surface area (TPSA) is 9.23 Å². The summed E-state index contributed by atoms with van der Waals surface area (Å²) in [6, 6.07) is 0. The van der Waals surface area contributed by atoms with Gasteiger partial charge in [0.05, 0.1) is 6.10 Å². The second-order valence-electron chi connectivity index (χ2n) is 5.06. The SMILES string of the molecule is FC1=C(F)C2OC3CCC1CCC2CC3. The molecule has 3 rings (SSSR count). The lowest BCUT2D eigenvalue weighted by molar-refractivity contribution is -0.0780. The zero-order valence-corrected chi connectivity index (χ0v) is 8.72. The van der Waals surface area contributed by atoms with Gasteiger partial charge in [0.15, 0.2) is 5.83 Å². The third-order valence-electron chi connectivity index (χ3n) is 4.19. The van der Waals surface area contributed by atoms with Crippen molar-refractivity contribution >= 4 is 0 Å². The smallest absolute Gasteiger partial charge is 0.161 e. The molecule has 0 radical (unpaired) electrons. The molecule has 4 unspecified atom stereocenters. The van der Waals surface area contributed by atoms with Gasteiger partial charge >= 0.3 is 0 Å². The zero-order chi connectivity index (χ0) is 10.4. The Balaban J connectivity index is 2.02. The molecule has 2 heterocycles. The van der Waals surface area contributed by atoms with E-state index < -0.39 is 17.8 Å². The van der Waals surface area contributed by atoms with Gasteiger partial charge in [-0.25, -0.2) is 8.78 Å². The Morgan fingerprint density at radius 3 is 2.40 bits per heavy atom. The van der Waals surface area contributed by atoms with Crippen molar-refractivity contribution in [1.29, 1.82) is 0 Å². The number of halogens is 2. The molecular weight excluding hydrogens is 198 g/mol. The largest absolute Gasteiger partial charge is 0.367 e. The summed E-state index contributed by atoms with van der Waals surface area (Å²) < 4.78 is 33.2. The molecule has 3 aliphatic rings. The Labute approximate surface area is 88.5 Å². The van der Waals surface area contributed by atoms with Crippen molar-refractivity contribution in [3.8, 4) is 0 Å². The molecule has 0 aromatic carbocycles. The van der Waals surface area contributed by atoms with Gasteiger partial charge in [0.2, 0.25) is 0 Å². The molecule has 3 heteroatoms. The van der Waals surface area contributed by atoms with E-state index in [1.807, 2.05) is 0 Å². The summed E-state index contributed by atoms with van der Waals surface area (Å²) in [6.07, 6.45) is 5.02. The molecule has 4 atom stereocenters. The molecule has 0 saturated carbocycles. The van der Waals surface area contributed by atoms with Crippen LogP contribution in [-0.2, 0) is 4.74 Å². The summed E-state index contributed by atoms with van der Waals surface area (Å²) in [4.78, 5) is 0. The maximum absolute atomic E-state index is 13.8. The third-order valence-corrected chi connectivity index (χ3v) is 4.19. The second-order valence-corrected chi connectivity index (χ2v) is 5.06. The molecule has 84 valence electrons. The Morgan fingerprint density at radius 1 is 0.867 bits per heavy atom. The summed E-state index contributed by atoms with van der Waals surface area (Å²) >= 11 is 0. The van der Waals surface area contributed by atoms with Gasteiger partial charge in [-0.1, -0.05) is 0 Å². The van der Waals surface area contributed by atoms with Crippen molar-refractivity contribution < 1.29 is 13.5 Å². The van der Waals surface area contributed by atoms with E-state index in [9.17, 15) is 8.78 Å². The average Bonchev–Trinajstić information content (AvgIpc) is 2.38. The number of fused-ring (bicyclic) bond motifs is 2. The Morgan fingerprint density at radius 2 is 1.53 bits per heavy atom. The van der Waals surface area contributed by atoms with Crippen LogP contribution in [0.3, 0.4) is 0 Å². The first-order chi connectivity index (χ1) is 7.25. The predicted molar refractivity (Wildman–Crippen MR) is 52.6 cm³/mol. The van der Waals surface area contributed by atoms with Gasteiger partial charge in [-0.2, -0.15) is 0 Å². The van der Waals surface area contributed by atoms with E-state index in [2.05, 4.69) is 0 Å². The number of hydrogen-bond donors (Lipinski definition) is 0. The van der Waals surface area contributed by atoms with E-state index in [4.69, 9.17) is 4.74 Å². The first-order valence-electron chi connectivity index (χ1n) is 5.96. The molecule has 1 fully saturated rings. The van der Waals surface area contributed by atoms with Crippen LogP contribution in [0, 0.1) is 11.8 Å². The summed E-state index contributed by atoms with van der Waals surface area (Å²) in [5, 5.41) is 0. The molecule has 0 aromatic heterocycles. The lowest BCUT2D eigenvalue weighted by atomic mass is 9.88. The maximum Gasteiger partial charge on any atom is 0.161 e. The van der Waals surface area contributed by atoms with E-state index in [0.717, 1.165) is 38.5 Å². The van der Waals surface area contributed by atoms with Crippen molar-refractivity contribution in [1.82, 2.24) is 0 Å². The highest BCUT2D eigenvalue weighted by Gasteiger charge is 2.41. The van der Waals surface area contributed by atoms with Gasteiger partial charge in [0.1, 0.15) is 11.9 Å². The number of rotatable bonds is 0. The van der Waals surface area contributed by atoms with Crippen molar-refractivity contribution in [2.45, 2.75) is 50.7 Å². The first-order valence-corrected chi connectivity index (χ1v) is 5.96. The van der Waals surface area contributed by atoms with E-state index in [-0.39, 0.29) is 17.9 Å². The molecule has 0 amide bonds. The highest BCUT2D eigenvalue weighted by atomic mass is 19.2. The standard InChI is InChI=1S/C12H16F2O/c13-10-7-1-2-8-4-6-9(5-3-7)15-12(8)11(10)14/h7-9,12H,1-6H2. The maximum atomic E-state index is 13.8. The number of hydrogen-bond acceptors (Lipinski definition) is 1. The van der Waals surface area contributed by atoms with Gasteiger partial charge in [0.25, 0.3) is 0 Å². The van der Waals surface area contributed by atoms with E-state index in [1.54, 1.807) is 0 Å². The minimum Gasteiger partial charge on any atom is -0.367 e. The van der Waals surface area contributed by atoms with Gasteiger partial charge in [-0.3, -0.25) is 0 Å².